The molecular weight excluding hydrogens is 784 g/mol. The van der Waals surface area contributed by atoms with Gasteiger partial charge in [-0.05, 0) is 63.4 Å². The summed E-state index contributed by atoms with van der Waals surface area (Å²) in [6.45, 7) is 13.4. The third-order valence-corrected chi connectivity index (χ3v) is 8.22. The summed E-state index contributed by atoms with van der Waals surface area (Å²) in [6, 6.07) is 39.9. The number of benzene rings is 4. The number of fused-ring (bicyclic) bond motifs is 3. The minimum absolute atomic E-state index is 0. The largest absolute Gasteiger partial charge is 2.00 e. The Bertz CT molecular complexity index is 2210. The number of aromatic nitrogens is 2. The first-order valence-electron chi connectivity index (χ1n) is 16.6. The quantitative estimate of drug-likeness (QED) is 0.150. The summed E-state index contributed by atoms with van der Waals surface area (Å²) in [4.78, 5) is 9.63. The minimum atomic E-state index is 0. The van der Waals surface area contributed by atoms with E-state index < -0.39 is 0 Å². The van der Waals surface area contributed by atoms with Crippen molar-refractivity contribution in [3.63, 3.8) is 0 Å². The average molecular weight is 824 g/mol. The first-order valence-corrected chi connectivity index (χ1v) is 16.6. The molecule has 0 saturated carbocycles. The van der Waals surface area contributed by atoms with Crippen LogP contribution < -0.4 is 4.74 Å². The number of pyridine rings is 2. The molecular formula is C44H40N2O2Pt. The molecule has 4 nitrogen and oxygen atoms in total. The molecule has 7 rings (SSSR count). The van der Waals surface area contributed by atoms with Crippen molar-refractivity contribution in [1.29, 1.82) is 0 Å². The molecule has 3 heterocycles. The van der Waals surface area contributed by atoms with Crippen LogP contribution in [0.5, 0.6) is 11.5 Å². The SMILES string of the molecule is CC(C)(C)Cc1ccc(-c2[c-]c(Oc3[c-]c(-c4ccc(CC(C)(C)C)cn4)c4oc5cc(-c6ccccc6)ccc5c4c3)ccc2)nc1.[Pt+2]. The molecule has 0 saturated heterocycles. The van der Waals surface area contributed by atoms with E-state index in [4.69, 9.17) is 19.1 Å². The first kappa shape index (κ1) is 34.3. The van der Waals surface area contributed by atoms with E-state index in [0.29, 0.717) is 11.5 Å². The maximum Gasteiger partial charge on any atom is 2.00 e. The zero-order chi connectivity index (χ0) is 33.5. The van der Waals surface area contributed by atoms with Gasteiger partial charge in [0.1, 0.15) is 5.58 Å². The van der Waals surface area contributed by atoms with Gasteiger partial charge in [-0.15, -0.1) is 23.8 Å². The van der Waals surface area contributed by atoms with Gasteiger partial charge in [-0.3, -0.25) is 0 Å². The fraction of sp³-hybridized carbons (Fsp3) is 0.227. The molecule has 0 aliphatic rings. The summed E-state index contributed by atoms with van der Waals surface area (Å²) in [6.07, 6.45) is 5.83. The summed E-state index contributed by atoms with van der Waals surface area (Å²) in [5.74, 6) is 1.15. The second-order valence-electron chi connectivity index (χ2n) is 15.0. The Morgan fingerprint density at radius 2 is 1.29 bits per heavy atom. The fourth-order valence-corrected chi connectivity index (χ4v) is 6.20. The molecule has 0 aliphatic heterocycles. The van der Waals surface area contributed by atoms with Gasteiger partial charge in [-0.25, -0.2) is 0 Å². The second-order valence-corrected chi connectivity index (χ2v) is 15.0. The molecule has 4 aromatic carbocycles. The van der Waals surface area contributed by atoms with Gasteiger partial charge in [-0.2, -0.15) is 0 Å². The van der Waals surface area contributed by atoms with Crippen molar-refractivity contribution in [3.05, 3.63) is 133 Å². The van der Waals surface area contributed by atoms with E-state index in [9.17, 15) is 0 Å². The minimum Gasteiger partial charge on any atom is -0.501 e. The Hall–Kier alpha value is -4.53. The Labute approximate surface area is 303 Å². The van der Waals surface area contributed by atoms with Gasteiger partial charge >= 0.3 is 21.1 Å². The van der Waals surface area contributed by atoms with E-state index in [1.165, 1.54) is 11.1 Å². The zero-order valence-corrected chi connectivity index (χ0v) is 31.1. The van der Waals surface area contributed by atoms with Gasteiger partial charge in [-0.1, -0.05) is 137 Å². The Kier molecular flexibility index (Phi) is 9.65. The van der Waals surface area contributed by atoms with Crippen LogP contribution in [0.2, 0.25) is 0 Å². The zero-order valence-electron chi connectivity index (χ0n) is 28.8. The van der Waals surface area contributed by atoms with Gasteiger partial charge in [0, 0.05) is 29.3 Å². The molecule has 3 aromatic heterocycles. The number of rotatable bonds is 7. The predicted molar refractivity (Wildman–Crippen MR) is 196 cm³/mol. The van der Waals surface area contributed by atoms with Gasteiger partial charge in [0.2, 0.25) is 0 Å². The number of nitrogens with zero attached hydrogens (tertiary/aromatic N) is 2. The molecule has 7 aromatic rings. The molecule has 0 radical (unpaired) electrons. The maximum atomic E-state index is 6.59. The normalized spacial score (nSPS) is 11.9. The van der Waals surface area contributed by atoms with Crippen molar-refractivity contribution in [2.24, 2.45) is 10.8 Å². The molecule has 248 valence electrons. The van der Waals surface area contributed by atoms with Crippen LogP contribution in [0.1, 0.15) is 52.7 Å². The molecule has 0 spiro atoms. The number of furan rings is 1. The average Bonchev–Trinajstić information content (AvgIpc) is 3.42. The van der Waals surface area contributed by atoms with Crippen LogP contribution in [-0.2, 0) is 33.9 Å². The molecule has 0 aliphatic carbocycles. The van der Waals surface area contributed by atoms with Crippen molar-refractivity contribution < 1.29 is 30.2 Å². The number of hydrogen-bond acceptors (Lipinski definition) is 4. The third-order valence-electron chi connectivity index (χ3n) is 8.22. The molecule has 0 atom stereocenters. The smallest absolute Gasteiger partial charge is 0.501 e. The summed E-state index contributed by atoms with van der Waals surface area (Å²) in [7, 11) is 0. The fourth-order valence-electron chi connectivity index (χ4n) is 6.20. The molecule has 0 unspecified atom stereocenters. The summed E-state index contributed by atoms with van der Waals surface area (Å²) < 4.78 is 13.1. The van der Waals surface area contributed by atoms with Gasteiger partial charge in [0.05, 0.1) is 5.58 Å². The van der Waals surface area contributed by atoms with Crippen LogP contribution in [0.4, 0.5) is 0 Å². The van der Waals surface area contributed by atoms with Crippen molar-refractivity contribution in [1.82, 2.24) is 9.97 Å². The van der Waals surface area contributed by atoms with Gasteiger partial charge in [0.15, 0.2) is 0 Å². The predicted octanol–water partition coefficient (Wildman–Crippen LogP) is 11.9. The Morgan fingerprint density at radius 3 is 1.92 bits per heavy atom. The van der Waals surface area contributed by atoms with Crippen LogP contribution in [0.3, 0.4) is 0 Å². The standard InChI is InChI=1S/C44H40N2O2.Pt/c1-43(2,3)25-29-15-19-39(45-27-29)33-13-10-14-34(21-33)47-35-23-37-36-18-17-32(31-11-8-7-9-12-31)22-41(36)48-42(37)38(24-35)40-20-16-30(28-46-40)26-44(4,5)6;/h7-20,22-23,27-28H,25-26H2,1-6H3;/q-2;+2. The Balaban J connectivity index is 0.00000417. The van der Waals surface area contributed by atoms with Crippen LogP contribution in [0.25, 0.3) is 55.6 Å². The molecule has 0 amide bonds. The van der Waals surface area contributed by atoms with Crippen LogP contribution in [0.15, 0.2) is 114 Å². The molecule has 0 bridgehead atoms. The Morgan fingerprint density at radius 1 is 0.612 bits per heavy atom. The van der Waals surface area contributed by atoms with Crippen LogP contribution >= 0.6 is 0 Å². The second kappa shape index (κ2) is 13.8. The third kappa shape index (κ3) is 8.03. The summed E-state index contributed by atoms with van der Waals surface area (Å²) in [5.41, 5.74) is 9.82. The molecule has 0 fully saturated rings. The van der Waals surface area contributed by atoms with Crippen molar-refractivity contribution in [3.8, 4) is 45.1 Å². The summed E-state index contributed by atoms with van der Waals surface area (Å²) >= 11 is 0. The molecule has 0 N–H and O–H groups in total. The van der Waals surface area contributed by atoms with Crippen molar-refractivity contribution in [2.75, 3.05) is 0 Å². The van der Waals surface area contributed by atoms with Gasteiger partial charge < -0.3 is 19.1 Å². The van der Waals surface area contributed by atoms with Gasteiger partial charge in [0.25, 0.3) is 0 Å². The van der Waals surface area contributed by atoms with E-state index >= 15 is 0 Å². The summed E-state index contributed by atoms with van der Waals surface area (Å²) in [5, 5.41) is 1.95. The first-order chi connectivity index (χ1) is 23.0. The van der Waals surface area contributed by atoms with Crippen molar-refractivity contribution >= 4 is 21.9 Å². The number of ether oxygens (including phenoxy) is 1. The van der Waals surface area contributed by atoms with Crippen LogP contribution in [-0.4, -0.2) is 9.97 Å². The van der Waals surface area contributed by atoms with E-state index in [1.54, 1.807) is 0 Å². The monoisotopic (exact) mass is 823 g/mol. The molecule has 5 heteroatoms. The topological polar surface area (TPSA) is 48.2 Å². The maximum absolute atomic E-state index is 6.59. The van der Waals surface area contributed by atoms with E-state index in [0.717, 1.165) is 68.4 Å². The van der Waals surface area contributed by atoms with Crippen LogP contribution in [0, 0.1) is 23.0 Å². The van der Waals surface area contributed by atoms with E-state index in [1.807, 2.05) is 54.9 Å². The van der Waals surface area contributed by atoms with E-state index in [2.05, 4.69) is 108 Å². The van der Waals surface area contributed by atoms with Crippen molar-refractivity contribution in [2.45, 2.75) is 54.4 Å². The molecule has 49 heavy (non-hydrogen) atoms. The number of hydrogen-bond donors (Lipinski definition) is 0. The van der Waals surface area contributed by atoms with E-state index in [-0.39, 0.29) is 31.9 Å².